The molecule has 1 nitrogen and oxygen atoms in total. The molecule has 3 heteroatoms. The van der Waals surface area contributed by atoms with Crippen molar-refractivity contribution in [3.05, 3.63) is 0 Å². The van der Waals surface area contributed by atoms with Gasteiger partial charge in [0.15, 0.2) is 5.12 Å². The van der Waals surface area contributed by atoms with Gasteiger partial charge >= 0.3 is 0 Å². The third-order valence-electron chi connectivity index (χ3n) is 0.756. The smallest absolute Gasteiger partial charge is 0.188 e. The maximum atomic E-state index is 10.6. The van der Waals surface area contributed by atoms with Crippen LogP contribution in [0.1, 0.15) is 13.3 Å². The summed E-state index contributed by atoms with van der Waals surface area (Å²) in [4.78, 5) is 10.6. The standard InChI is InChI=1S/C5H12OSSi/c1-3-5(6)7-4-8-2/h3-4,8H2,1-2H3. The minimum Gasteiger partial charge on any atom is -0.287 e. The summed E-state index contributed by atoms with van der Waals surface area (Å²) in [7, 11) is 0.104. The first-order valence-electron chi connectivity index (χ1n) is 2.96. The fourth-order valence-electron chi connectivity index (χ4n) is 0.318. The van der Waals surface area contributed by atoms with Crippen molar-refractivity contribution in [2.45, 2.75) is 19.9 Å². The number of rotatable bonds is 3. The maximum Gasteiger partial charge on any atom is 0.188 e. The molecule has 0 atom stereocenters. The van der Waals surface area contributed by atoms with Gasteiger partial charge < -0.3 is 0 Å². The maximum absolute atomic E-state index is 10.6. The molecular formula is C5H12OSSi. The quantitative estimate of drug-likeness (QED) is 0.552. The highest BCUT2D eigenvalue weighted by Gasteiger charge is 1.94. The largest absolute Gasteiger partial charge is 0.287 e. The topological polar surface area (TPSA) is 17.1 Å². The summed E-state index contributed by atoms with van der Waals surface area (Å²) >= 11 is 1.50. The number of hydrogen-bond donors (Lipinski definition) is 0. The fraction of sp³-hybridized carbons (Fsp3) is 0.800. The molecule has 0 radical (unpaired) electrons. The Morgan fingerprint density at radius 2 is 2.38 bits per heavy atom. The van der Waals surface area contributed by atoms with Gasteiger partial charge in [0.05, 0.1) is 0 Å². The van der Waals surface area contributed by atoms with E-state index >= 15 is 0 Å². The molecule has 0 heterocycles. The highest BCUT2D eigenvalue weighted by Crippen LogP contribution is 2.01. The SMILES string of the molecule is CCC(=O)SC[SiH2]C. The average molecular weight is 148 g/mol. The molecule has 48 valence electrons. The van der Waals surface area contributed by atoms with Gasteiger partial charge in [0.1, 0.15) is 0 Å². The van der Waals surface area contributed by atoms with Gasteiger partial charge in [-0.15, -0.1) is 0 Å². The van der Waals surface area contributed by atoms with Crippen molar-refractivity contribution >= 4 is 26.4 Å². The Labute approximate surface area is 57.1 Å². The number of thioether (sulfide) groups is 1. The fourth-order valence-corrected chi connectivity index (χ4v) is 2.25. The highest BCUT2D eigenvalue weighted by atomic mass is 32.2. The van der Waals surface area contributed by atoms with E-state index < -0.39 is 0 Å². The van der Waals surface area contributed by atoms with Gasteiger partial charge in [-0.3, -0.25) is 4.79 Å². The van der Waals surface area contributed by atoms with Crippen LogP contribution in [0.3, 0.4) is 0 Å². The van der Waals surface area contributed by atoms with Crippen LogP contribution in [0.4, 0.5) is 0 Å². The molecule has 0 aromatic heterocycles. The van der Waals surface area contributed by atoms with Crippen LogP contribution in [0.5, 0.6) is 0 Å². The molecule has 0 saturated carbocycles. The molecule has 0 unspecified atom stereocenters. The lowest BCUT2D eigenvalue weighted by Crippen LogP contribution is -1.93. The second kappa shape index (κ2) is 5.38. The second-order valence-corrected chi connectivity index (χ2v) is 4.95. The molecular weight excluding hydrogens is 136 g/mol. The summed E-state index contributed by atoms with van der Waals surface area (Å²) in [5.74, 6) is 0. The van der Waals surface area contributed by atoms with Crippen LogP contribution in [-0.2, 0) is 4.79 Å². The van der Waals surface area contributed by atoms with Crippen molar-refractivity contribution < 1.29 is 4.79 Å². The molecule has 0 rings (SSSR count). The van der Waals surface area contributed by atoms with Crippen LogP contribution in [0.25, 0.3) is 0 Å². The van der Waals surface area contributed by atoms with E-state index in [0.29, 0.717) is 11.5 Å². The van der Waals surface area contributed by atoms with E-state index in [0.717, 1.165) is 5.38 Å². The van der Waals surface area contributed by atoms with E-state index in [-0.39, 0.29) is 9.52 Å². The van der Waals surface area contributed by atoms with E-state index in [4.69, 9.17) is 0 Å². The number of carbonyl (C=O) groups excluding carboxylic acids is 1. The normalized spacial score (nSPS) is 10.8. The Kier molecular flexibility index (Phi) is 5.53. The van der Waals surface area contributed by atoms with Crippen molar-refractivity contribution in [2.75, 3.05) is 5.38 Å². The van der Waals surface area contributed by atoms with Crippen LogP contribution in [0.2, 0.25) is 6.55 Å². The van der Waals surface area contributed by atoms with Crippen LogP contribution in [0.15, 0.2) is 0 Å². The third-order valence-corrected chi connectivity index (χ3v) is 3.82. The van der Waals surface area contributed by atoms with Crippen molar-refractivity contribution in [3.8, 4) is 0 Å². The van der Waals surface area contributed by atoms with E-state index in [1.807, 2.05) is 6.92 Å². The first-order valence-corrected chi connectivity index (χ1v) is 6.36. The molecule has 8 heavy (non-hydrogen) atoms. The average Bonchev–Trinajstić information content (AvgIpc) is 1.83. The van der Waals surface area contributed by atoms with E-state index in [9.17, 15) is 4.79 Å². The summed E-state index contributed by atoms with van der Waals surface area (Å²) in [6.45, 7) is 4.13. The van der Waals surface area contributed by atoms with Crippen LogP contribution in [-0.4, -0.2) is 20.0 Å². The zero-order chi connectivity index (χ0) is 6.41. The molecule has 0 N–H and O–H groups in total. The van der Waals surface area contributed by atoms with Gasteiger partial charge in [0.2, 0.25) is 0 Å². The minimum atomic E-state index is 0.104. The molecule has 0 fully saturated rings. The van der Waals surface area contributed by atoms with Crippen molar-refractivity contribution in [3.63, 3.8) is 0 Å². The minimum absolute atomic E-state index is 0.104. The van der Waals surface area contributed by atoms with Gasteiger partial charge in [0, 0.05) is 15.9 Å². The lowest BCUT2D eigenvalue weighted by molar-refractivity contribution is -0.110. The molecule has 0 spiro atoms. The predicted octanol–water partition coefficient (Wildman–Crippen LogP) is 0.831. The molecule has 0 aliphatic heterocycles. The van der Waals surface area contributed by atoms with Crippen LogP contribution in [0, 0.1) is 0 Å². The zero-order valence-corrected chi connectivity index (χ0v) is 7.67. The summed E-state index contributed by atoms with van der Waals surface area (Å²) < 4.78 is 0. The van der Waals surface area contributed by atoms with Gasteiger partial charge in [-0.1, -0.05) is 25.2 Å². The number of hydrogen-bond acceptors (Lipinski definition) is 2. The van der Waals surface area contributed by atoms with Crippen molar-refractivity contribution in [1.82, 2.24) is 0 Å². The third kappa shape index (κ3) is 4.40. The van der Waals surface area contributed by atoms with Crippen LogP contribution < -0.4 is 0 Å². The van der Waals surface area contributed by atoms with E-state index in [2.05, 4.69) is 6.55 Å². The first kappa shape index (κ1) is 8.24. The van der Waals surface area contributed by atoms with Crippen molar-refractivity contribution in [1.29, 1.82) is 0 Å². The molecule has 0 aromatic rings. The summed E-state index contributed by atoms with van der Waals surface area (Å²) in [5, 5.41) is 1.46. The van der Waals surface area contributed by atoms with Gasteiger partial charge in [-0.2, -0.15) is 0 Å². The molecule has 0 bridgehead atoms. The Bertz CT molecular complexity index is 74.8. The molecule has 0 aliphatic rings. The Morgan fingerprint density at radius 1 is 1.75 bits per heavy atom. The lowest BCUT2D eigenvalue weighted by Gasteiger charge is -1.90. The summed E-state index contributed by atoms with van der Waals surface area (Å²) in [6.07, 6.45) is 0.694. The lowest BCUT2D eigenvalue weighted by atomic mass is 10.6. The van der Waals surface area contributed by atoms with Crippen molar-refractivity contribution in [2.24, 2.45) is 0 Å². The molecule has 0 aromatic carbocycles. The van der Waals surface area contributed by atoms with E-state index in [1.54, 1.807) is 0 Å². The second-order valence-electron chi connectivity index (χ2n) is 1.57. The summed E-state index contributed by atoms with van der Waals surface area (Å²) in [6, 6.07) is 0. The predicted molar refractivity (Wildman–Crippen MR) is 42.2 cm³/mol. The monoisotopic (exact) mass is 148 g/mol. The molecule has 0 amide bonds. The zero-order valence-electron chi connectivity index (χ0n) is 5.44. The highest BCUT2D eigenvalue weighted by molar-refractivity contribution is 8.14. The summed E-state index contributed by atoms with van der Waals surface area (Å²) in [5.41, 5.74) is 0. The van der Waals surface area contributed by atoms with Gasteiger partial charge in [-0.05, 0) is 5.38 Å². The first-order chi connectivity index (χ1) is 3.81. The van der Waals surface area contributed by atoms with Crippen LogP contribution >= 0.6 is 11.8 Å². The Hall–Kier alpha value is 0.237. The van der Waals surface area contributed by atoms with Gasteiger partial charge in [0.25, 0.3) is 0 Å². The molecule has 0 saturated heterocycles. The Morgan fingerprint density at radius 3 is 2.75 bits per heavy atom. The number of carbonyl (C=O) groups is 1. The van der Waals surface area contributed by atoms with Gasteiger partial charge in [-0.25, -0.2) is 0 Å². The van der Waals surface area contributed by atoms with E-state index in [1.165, 1.54) is 11.8 Å². The Balaban J connectivity index is 2.99. The molecule has 0 aliphatic carbocycles.